The molecule has 1 amide bonds. The zero-order chi connectivity index (χ0) is 10.6. The molecule has 0 saturated carbocycles. The maximum atomic E-state index is 13.7. The van der Waals surface area contributed by atoms with Crippen LogP contribution in [0.15, 0.2) is 0 Å². The van der Waals surface area contributed by atoms with Gasteiger partial charge in [0.05, 0.1) is 0 Å². The number of carbonyl (C=O) groups is 1. The van der Waals surface area contributed by atoms with Gasteiger partial charge in [-0.1, -0.05) is 13.3 Å². The summed E-state index contributed by atoms with van der Waals surface area (Å²) in [5.74, 6) is -0.413. The van der Waals surface area contributed by atoms with Crippen molar-refractivity contribution >= 4 is 5.91 Å². The highest BCUT2D eigenvalue weighted by atomic mass is 19.1. The molecule has 0 aliphatic rings. The van der Waals surface area contributed by atoms with Gasteiger partial charge in [-0.05, 0) is 27.2 Å². The van der Waals surface area contributed by atoms with Gasteiger partial charge in [0.1, 0.15) is 0 Å². The number of rotatable bonds is 4. The number of hydrogen-bond acceptors (Lipinski definition) is 1. The predicted octanol–water partition coefficient (Wildman–Crippen LogP) is 2.38. The Morgan fingerprint density at radius 2 is 2.00 bits per heavy atom. The van der Waals surface area contributed by atoms with Gasteiger partial charge >= 0.3 is 0 Å². The van der Waals surface area contributed by atoms with E-state index < -0.39 is 11.6 Å². The van der Waals surface area contributed by atoms with E-state index in [4.69, 9.17) is 0 Å². The SMILES string of the molecule is CCCC(C)(F)C(=O)N(C)C(C)C. The lowest BCUT2D eigenvalue weighted by atomic mass is 10.0. The fourth-order valence-corrected chi connectivity index (χ4v) is 1.18. The van der Waals surface area contributed by atoms with E-state index in [-0.39, 0.29) is 6.04 Å². The van der Waals surface area contributed by atoms with Crippen LogP contribution < -0.4 is 0 Å². The number of hydrogen-bond donors (Lipinski definition) is 0. The molecule has 0 fully saturated rings. The van der Waals surface area contributed by atoms with Crippen molar-refractivity contribution in [3.05, 3.63) is 0 Å². The molecular weight excluding hydrogens is 169 g/mol. The first-order valence-corrected chi connectivity index (χ1v) is 4.79. The topological polar surface area (TPSA) is 20.3 Å². The van der Waals surface area contributed by atoms with Crippen molar-refractivity contribution < 1.29 is 9.18 Å². The molecule has 0 spiro atoms. The molecule has 0 rings (SSSR count). The van der Waals surface area contributed by atoms with Crippen LogP contribution in [0.4, 0.5) is 4.39 Å². The quantitative estimate of drug-likeness (QED) is 0.665. The van der Waals surface area contributed by atoms with Crippen molar-refractivity contribution in [2.24, 2.45) is 0 Å². The molecule has 0 aromatic rings. The van der Waals surface area contributed by atoms with E-state index in [0.717, 1.165) is 0 Å². The summed E-state index contributed by atoms with van der Waals surface area (Å²) in [7, 11) is 1.64. The summed E-state index contributed by atoms with van der Waals surface area (Å²) in [6.45, 7) is 6.98. The summed E-state index contributed by atoms with van der Waals surface area (Å²) in [4.78, 5) is 13.0. The summed E-state index contributed by atoms with van der Waals surface area (Å²) in [5, 5.41) is 0. The maximum absolute atomic E-state index is 13.7. The van der Waals surface area contributed by atoms with Crippen LogP contribution in [-0.2, 0) is 4.79 Å². The lowest BCUT2D eigenvalue weighted by molar-refractivity contribution is -0.143. The van der Waals surface area contributed by atoms with E-state index in [1.807, 2.05) is 20.8 Å². The van der Waals surface area contributed by atoms with Gasteiger partial charge in [0.15, 0.2) is 5.67 Å². The smallest absolute Gasteiger partial charge is 0.259 e. The van der Waals surface area contributed by atoms with Crippen LogP contribution in [0.3, 0.4) is 0 Å². The Kier molecular flexibility index (Phi) is 4.37. The number of halogens is 1. The van der Waals surface area contributed by atoms with E-state index in [2.05, 4.69) is 0 Å². The molecule has 13 heavy (non-hydrogen) atoms. The van der Waals surface area contributed by atoms with Crippen LogP contribution in [0.25, 0.3) is 0 Å². The van der Waals surface area contributed by atoms with E-state index in [1.165, 1.54) is 11.8 Å². The molecule has 2 nitrogen and oxygen atoms in total. The summed E-state index contributed by atoms with van der Waals surface area (Å²) < 4.78 is 13.7. The normalized spacial score (nSPS) is 15.6. The van der Waals surface area contributed by atoms with Crippen molar-refractivity contribution in [1.29, 1.82) is 0 Å². The summed E-state index contributed by atoms with van der Waals surface area (Å²) in [5.41, 5.74) is -1.70. The Hall–Kier alpha value is -0.600. The van der Waals surface area contributed by atoms with Crippen LogP contribution >= 0.6 is 0 Å². The van der Waals surface area contributed by atoms with Crippen LogP contribution in [-0.4, -0.2) is 29.6 Å². The molecule has 0 aliphatic heterocycles. The van der Waals surface area contributed by atoms with E-state index >= 15 is 0 Å². The van der Waals surface area contributed by atoms with Crippen LogP contribution in [0.1, 0.15) is 40.5 Å². The second-order valence-electron chi connectivity index (χ2n) is 3.96. The summed E-state index contributed by atoms with van der Waals surface area (Å²) in [6.07, 6.45) is 0.980. The number of carbonyl (C=O) groups excluding carboxylic acids is 1. The highest BCUT2D eigenvalue weighted by Crippen LogP contribution is 2.20. The van der Waals surface area contributed by atoms with Gasteiger partial charge in [0.2, 0.25) is 0 Å². The molecule has 0 saturated heterocycles. The molecule has 0 radical (unpaired) electrons. The van der Waals surface area contributed by atoms with Gasteiger partial charge < -0.3 is 4.90 Å². The zero-order valence-electron chi connectivity index (χ0n) is 9.22. The molecule has 0 bridgehead atoms. The van der Waals surface area contributed by atoms with Crippen LogP contribution in [0.2, 0.25) is 0 Å². The number of amides is 1. The molecule has 0 heterocycles. The predicted molar refractivity (Wildman–Crippen MR) is 52.3 cm³/mol. The molecule has 1 atom stereocenters. The zero-order valence-corrected chi connectivity index (χ0v) is 9.22. The fraction of sp³-hybridized carbons (Fsp3) is 0.900. The van der Waals surface area contributed by atoms with E-state index in [1.54, 1.807) is 7.05 Å². The average Bonchev–Trinajstić information content (AvgIpc) is 2.01. The van der Waals surface area contributed by atoms with Crippen LogP contribution in [0.5, 0.6) is 0 Å². The Morgan fingerprint density at radius 1 is 1.54 bits per heavy atom. The highest BCUT2D eigenvalue weighted by Gasteiger charge is 2.35. The number of alkyl halides is 1. The Balaban J connectivity index is 4.39. The van der Waals surface area contributed by atoms with Crippen molar-refractivity contribution in [3.8, 4) is 0 Å². The Bertz CT molecular complexity index is 178. The van der Waals surface area contributed by atoms with E-state index in [9.17, 15) is 9.18 Å². The third-order valence-electron chi connectivity index (χ3n) is 2.26. The molecule has 0 aromatic heterocycles. The standard InChI is InChI=1S/C10H20FNO/c1-6-7-10(4,11)9(13)12(5)8(2)3/h8H,6-7H2,1-5H3. The summed E-state index contributed by atoms with van der Waals surface area (Å²) >= 11 is 0. The molecule has 0 aliphatic carbocycles. The minimum Gasteiger partial charge on any atom is -0.341 e. The first-order chi connectivity index (χ1) is 5.83. The van der Waals surface area contributed by atoms with Crippen molar-refractivity contribution in [2.75, 3.05) is 7.05 Å². The molecule has 0 N–H and O–H groups in total. The molecule has 78 valence electrons. The average molecular weight is 189 g/mol. The Labute approximate surface area is 80.1 Å². The van der Waals surface area contributed by atoms with Crippen molar-refractivity contribution in [1.82, 2.24) is 4.90 Å². The van der Waals surface area contributed by atoms with Gasteiger partial charge in [-0.3, -0.25) is 4.79 Å². The van der Waals surface area contributed by atoms with Gasteiger partial charge in [-0.25, -0.2) is 4.39 Å². The molecule has 3 heteroatoms. The van der Waals surface area contributed by atoms with Gasteiger partial charge in [0, 0.05) is 13.1 Å². The molecule has 0 aromatic carbocycles. The first-order valence-electron chi connectivity index (χ1n) is 4.79. The lowest BCUT2D eigenvalue weighted by Gasteiger charge is -2.28. The highest BCUT2D eigenvalue weighted by molar-refractivity contribution is 5.84. The lowest BCUT2D eigenvalue weighted by Crippen LogP contribution is -2.45. The van der Waals surface area contributed by atoms with Gasteiger partial charge in [-0.2, -0.15) is 0 Å². The number of nitrogens with zero attached hydrogens (tertiary/aromatic N) is 1. The molecule has 1 unspecified atom stereocenters. The van der Waals surface area contributed by atoms with E-state index in [0.29, 0.717) is 12.8 Å². The third kappa shape index (κ3) is 3.33. The Morgan fingerprint density at radius 3 is 2.31 bits per heavy atom. The monoisotopic (exact) mass is 189 g/mol. The third-order valence-corrected chi connectivity index (χ3v) is 2.26. The second kappa shape index (κ2) is 4.58. The largest absolute Gasteiger partial charge is 0.341 e. The van der Waals surface area contributed by atoms with Gasteiger partial charge in [-0.15, -0.1) is 0 Å². The van der Waals surface area contributed by atoms with Gasteiger partial charge in [0.25, 0.3) is 5.91 Å². The fourth-order valence-electron chi connectivity index (χ4n) is 1.18. The van der Waals surface area contributed by atoms with Crippen LogP contribution in [0, 0.1) is 0 Å². The minimum absolute atomic E-state index is 0.0550. The second-order valence-corrected chi connectivity index (χ2v) is 3.96. The van der Waals surface area contributed by atoms with Crippen molar-refractivity contribution in [3.63, 3.8) is 0 Å². The summed E-state index contributed by atoms with van der Waals surface area (Å²) in [6, 6.07) is 0.0550. The molecular formula is C10H20FNO. The maximum Gasteiger partial charge on any atom is 0.259 e. The first kappa shape index (κ1) is 12.4. The minimum atomic E-state index is -1.70. The van der Waals surface area contributed by atoms with Crippen molar-refractivity contribution in [2.45, 2.75) is 52.2 Å².